The molecule has 110 valence electrons. The van der Waals surface area contributed by atoms with Crippen molar-refractivity contribution >= 4 is 17.5 Å². The van der Waals surface area contributed by atoms with Crippen molar-refractivity contribution in [2.24, 2.45) is 5.73 Å². The maximum Gasteiger partial charge on any atom is 0.225 e. The third kappa shape index (κ3) is 6.33. The molecule has 0 aliphatic rings. The summed E-state index contributed by atoms with van der Waals surface area (Å²) in [4.78, 5) is 23.2. The fourth-order valence-corrected chi connectivity index (χ4v) is 1.77. The van der Waals surface area contributed by atoms with Gasteiger partial charge in [0.2, 0.25) is 11.8 Å². The van der Waals surface area contributed by atoms with E-state index in [0.717, 1.165) is 5.56 Å². The van der Waals surface area contributed by atoms with Crippen molar-refractivity contribution in [1.29, 1.82) is 0 Å². The molecule has 5 nitrogen and oxygen atoms in total. The van der Waals surface area contributed by atoms with Crippen LogP contribution >= 0.6 is 0 Å². The first-order valence-electron chi connectivity index (χ1n) is 6.80. The van der Waals surface area contributed by atoms with Crippen LogP contribution in [0.15, 0.2) is 24.3 Å². The molecule has 0 heterocycles. The summed E-state index contributed by atoms with van der Waals surface area (Å²) in [5.41, 5.74) is 7.18. The molecule has 1 aromatic rings. The molecule has 0 saturated heterocycles. The summed E-state index contributed by atoms with van der Waals surface area (Å²) in [5.74, 6) is -0.112. The highest BCUT2D eigenvalue weighted by molar-refractivity contribution is 5.91. The number of hydrogen-bond acceptors (Lipinski definition) is 3. The van der Waals surface area contributed by atoms with Crippen LogP contribution in [0.1, 0.15) is 32.8 Å². The lowest BCUT2D eigenvalue weighted by molar-refractivity contribution is -0.121. The molecule has 0 spiro atoms. The second kappa shape index (κ2) is 7.65. The van der Waals surface area contributed by atoms with Crippen LogP contribution in [-0.2, 0) is 16.0 Å². The van der Waals surface area contributed by atoms with Gasteiger partial charge in [0, 0.05) is 24.2 Å². The molecule has 0 bridgehead atoms. The van der Waals surface area contributed by atoms with E-state index < -0.39 is 0 Å². The minimum absolute atomic E-state index is 0.00579. The van der Waals surface area contributed by atoms with Gasteiger partial charge >= 0.3 is 0 Å². The average molecular weight is 277 g/mol. The van der Waals surface area contributed by atoms with Crippen molar-refractivity contribution in [3.63, 3.8) is 0 Å². The highest BCUT2D eigenvalue weighted by Gasteiger charge is 2.07. The van der Waals surface area contributed by atoms with E-state index in [4.69, 9.17) is 5.73 Å². The molecule has 0 aromatic heterocycles. The van der Waals surface area contributed by atoms with E-state index in [1.54, 1.807) is 19.1 Å². The van der Waals surface area contributed by atoms with Gasteiger partial charge in [0.15, 0.2) is 0 Å². The lowest BCUT2D eigenvalue weighted by atomic mass is 10.1. The van der Waals surface area contributed by atoms with Gasteiger partial charge < -0.3 is 16.4 Å². The molecular formula is C15H23N3O2. The Hall–Kier alpha value is -1.88. The van der Waals surface area contributed by atoms with Crippen LogP contribution in [0, 0.1) is 0 Å². The average Bonchev–Trinajstić information content (AvgIpc) is 2.29. The summed E-state index contributed by atoms with van der Waals surface area (Å²) in [6, 6.07) is 7.23. The van der Waals surface area contributed by atoms with E-state index in [2.05, 4.69) is 10.6 Å². The third-order valence-electron chi connectivity index (χ3n) is 2.56. The fraction of sp³-hybridized carbons (Fsp3) is 0.467. The van der Waals surface area contributed by atoms with Gasteiger partial charge in [0.05, 0.1) is 6.42 Å². The number of carbonyl (C=O) groups excluding carboxylic acids is 2. The SMILES string of the molecule is CC(N)CC(=O)Nc1ccc(CC(=O)NC(C)C)cc1. The highest BCUT2D eigenvalue weighted by atomic mass is 16.2. The number of nitrogens with one attached hydrogen (secondary N) is 2. The minimum Gasteiger partial charge on any atom is -0.354 e. The maximum atomic E-state index is 11.6. The highest BCUT2D eigenvalue weighted by Crippen LogP contribution is 2.10. The number of anilines is 1. The van der Waals surface area contributed by atoms with Crippen LogP contribution in [0.25, 0.3) is 0 Å². The Morgan fingerprint density at radius 1 is 1.10 bits per heavy atom. The van der Waals surface area contributed by atoms with Crippen molar-refractivity contribution in [3.8, 4) is 0 Å². The molecule has 0 fully saturated rings. The Bertz CT molecular complexity index is 410. The molecule has 2 amide bonds. The molecule has 20 heavy (non-hydrogen) atoms. The first-order valence-corrected chi connectivity index (χ1v) is 6.80. The zero-order valence-electron chi connectivity index (χ0n) is 12.3. The zero-order chi connectivity index (χ0) is 15.1. The second-order valence-corrected chi connectivity index (χ2v) is 5.33. The van der Waals surface area contributed by atoms with E-state index in [1.807, 2.05) is 26.0 Å². The van der Waals surface area contributed by atoms with Crippen LogP contribution in [0.5, 0.6) is 0 Å². The quantitative estimate of drug-likeness (QED) is 0.735. The number of rotatable bonds is 6. The molecule has 0 aliphatic heterocycles. The van der Waals surface area contributed by atoms with Gasteiger partial charge in [-0.25, -0.2) is 0 Å². The number of benzene rings is 1. The van der Waals surface area contributed by atoms with Crippen molar-refractivity contribution in [2.75, 3.05) is 5.32 Å². The van der Waals surface area contributed by atoms with Gasteiger partial charge in [-0.2, -0.15) is 0 Å². The molecule has 1 unspecified atom stereocenters. The van der Waals surface area contributed by atoms with E-state index in [9.17, 15) is 9.59 Å². The van der Waals surface area contributed by atoms with Crippen LogP contribution in [0.3, 0.4) is 0 Å². The van der Waals surface area contributed by atoms with Crippen LogP contribution in [-0.4, -0.2) is 23.9 Å². The van der Waals surface area contributed by atoms with E-state index in [-0.39, 0.29) is 23.9 Å². The van der Waals surface area contributed by atoms with Gasteiger partial charge in [-0.15, -0.1) is 0 Å². The van der Waals surface area contributed by atoms with Crippen LogP contribution < -0.4 is 16.4 Å². The second-order valence-electron chi connectivity index (χ2n) is 5.33. The van der Waals surface area contributed by atoms with Gasteiger partial charge in [-0.1, -0.05) is 12.1 Å². The molecular weight excluding hydrogens is 254 g/mol. The van der Waals surface area contributed by atoms with Crippen molar-refractivity contribution in [2.45, 2.75) is 45.7 Å². The molecule has 1 rings (SSSR count). The predicted molar refractivity (Wildman–Crippen MR) is 80.3 cm³/mol. The van der Waals surface area contributed by atoms with Crippen molar-refractivity contribution in [1.82, 2.24) is 5.32 Å². The van der Waals surface area contributed by atoms with Gasteiger partial charge in [0.25, 0.3) is 0 Å². The molecule has 0 saturated carbocycles. The zero-order valence-corrected chi connectivity index (χ0v) is 12.3. The first kappa shape index (κ1) is 16.2. The normalized spacial score (nSPS) is 12.1. The minimum atomic E-state index is -0.158. The number of amides is 2. The van der Waals surface area contributed by atoms with Gasteiger partial charge in [-0.3, -0.25) is 9.59 Å². The molecule has 1 aromatic carbocycles. The number of nitrogens with two attached hydrogens (primary N) is 1. The third-order valence-corrected chi connectivity index (χ3v) is 2.56. The largest absolute Gasteiger partial charge is 0.354 e. The topological polar surface area (TPSA) is 84.2 Å². The predicted octanol–water partition coefficient (Wildman–Crippen LogP) is 1.43. The van der Waals surface area contributed by atoms with Gasteiger partial charge in [-0.05, 0) is 38.5 Å². The monoisotopic (exact) mass is 277 g/mol. The summed E-state index contributed by atoms with van der Waals surface area (Å²) in [7, 11) is 0. The summed E-state index contributed by atoms with van der Waals surface area (Å²) in [6.07, 6.45) is 0.630. The maximum absolute atomic E-state index is 11.6. The molecule has 5 heteroatoms. The first-order chi connectivity index (χ1) is 9.36. The number of carbonyl (C=O) groups is 2. The Morgan fingerprint density at radius 2 is 1.70 bits per heavy atom. The Labute approximate surface area is 119 Å². The lowest BCUT2D eigenvalue weighted by Crippen LogP contribution is -2.31. The van der Waals surface area contributed by atoms with E-state index in [1.165, 1.54) is 0 Å². The summed E-state index contributed by atoms with van der Waals surface area (Å²) in [6.45, 7) is 5.64. The Balaban J connectivity index is 2.52. The smallest absolute Gasteiger partial charge is 0.225 e. The van der Waals surface area contributed by atoms with Crippen molar-refractivity contribution in [3.05, 3.63) is 29.8 Å². The molecule has 0 aliphatic carbocycles. The molecule has 1 atom stereocenters. The van der Waals surface area contributed by atoms with Gasteiger partial charge in [0.1, 0.15) is 0 Å². The lowest BCUT2D eigenvalue weighted by Gasteiger charge is -2.10. The summed E-state index contributed by atoms with van der Waals surface area (Å²) < 4.78 is 0. The van der Waals surface area contributed by atoms with E-state index in [0.29, 0.717) is 18.5 Å². The summed E-state index contributed by atoms with van der Waals surface area (Å²) >= 11 is 0. The standard InChI is InChI=1S/C15H23N3O2/c1-10(2)17-15(20)9-12-4-6-13(7-5-12)18-14(19)8-11(3)16/h4-7,10-11H,8-9,16H2,1-3H3,(H,17,20)(H,18,19). The fourth-order valence-electron chi connectivity index (χ4n) is 1.77. The summed E-state index contributed by atoms with van der Waals surface area (Å²) in [5, 5.41) is 5.60. The van der Waals surface area contributed by atoms with E-state index >= 15 is 0 Å². The van der Waals surface area contributed by atoms with Crippen molar-refractivity contribution < 1.29 is 9.59 Å². The molecule has 4 N–H and O–H groups in total. The molecule has 0 radical (unpaired) electrons. The number of hydrogen-bond donors (Lipinski definition) is 3. The van der Waals surface area contributed by atoms with Crippen LogP contribution in [0.2, 0.25) is 0 Å². The van der Waals surface area contributed by atoms with Crippen LogP contribution in [0.4, 0.5) is 5.69 Å². The Morgan fingerprint density at radius 3 is 2.20 bits per heavy atom. The Kier molecular flexibility index (Phi) is 6.18.